The van der Waals surface area contributed by atoms with Gasteiger partial charge in [0.15, 0.2) is 0 Å². The van der Waals surface area contributed by atoms with E-state index in [0.717, 1.165) is 33.4 Å². The van der Waals surface area contributed by atoms with Gasteiger partial charge in [0.2, 0.25) is 0 Å². The van der Waals surface area contributed by atoms with Gasteiger partial charge in [-0.1, -0.05) is 77.9 Å². The summed E-state index contributed by atoms with van der Waals surface area (Å²) >= 11 is 0. The van der Waals surface area contributed by atoms with Crippen molar-refractivity contribution in [3.8, 4) is 17.1 Å². The molecule has 0 aliphatic carbocycles. The summed E-state index contributed by atoms with van der Waals surface area (Å²) < 4.78 is 8.39. The Hall–Kier alpha value is -3.33. The first-order chi connectivity index (χ1) is 15.9. The predicted octanol–water partition coefficient (Wildman–Crippen LogP) is 8.81. The Balaban J connectivity index is 1.90. The van der Waals surface area contributed by atoms with Crippen LogP contribution >= 0.6 is 0 Å². The fourth-order valence-corrected chi connectivity index (χ4v) is 4.78. The largest absolute Gasteiger partial charge is 0.464 e. The number of imidazole rings is 1. The maximum atomic E-state index is 6.03. The normalized spacial score (nSPS) is 12.2. The molecule has 3 aromatic carbocycles. The Labute approximate surface area is 196 Å². The molecule has 0 saturated heterocycles. The van der Waals surface area contributed by atoms with E-state index in [1.165, 1.54) is 22.4 Å². The lowest BCUT2D eigenvalue weighted by atomic mass is 9.92. The minimum atomic E-state index is 0.390. The van der Waals surface area contributed by atoms with Crippen molar-refractivity contribution >= 4 is 22.0 Å². The highest BCUT2D eigenvalue weighted by Gasteiger charge is 2.23. The van der Waals surface area contributed by atoms with Crippen LogP contribution in [0.3, 0.4) is 0 Å². The first-order valence-corrected chi connectivity index (χ1v) is 12.0. The lowest BCUT2D eigenvalue weighted by Gasteiger charge is -2.22. The van der Waals surface area contributed by atoms with Gasteiger partial charge in [-0.05, 0) is 58.7 Å². The summed E-state index contributed by atoms with van der Waals surface area (Å²) in [5.74, 6) is 2.17. The number of nitrogens with zero attached hydrogens (tertiary/aromatic N) is 2. The molecule has 0 bridgehead atoms. The van der Waals surface area contributed by atoms with Crippen LogP contribution in [0.1, 0.15) is 76.0 Å². The molecule has 3 heteroatoms. The molecule has 2 heterocycles. The Morgan fingerprint density at radius 2 is 1.45 bits per heavy atom. The molecule has 0 aliphatic heterocycles. The molecule has 0 saturated carbocycles. The Morgan fingerprint density at radius 3 is 2.12 bits per heavy atom. The molecule has 0 radical (unpaired) electrons. The van der Waals surface area contributed by atoms with E-state index < -0.39 is 0 Å². The molecular formula is C30H32N2O. The smallest absolute Gasteiger partial charge is 0.149 e. The lowest BCUT2D eigenvalue weighted by molar-refractivity contribution is 0.616. The Bertz CT molecular complexity index is 1420. The second-order valence-corrected chi connectivity index (χ2v) is 9.91. The molecule has 5 rings (SSSR count). The fourth-order valence-electron chi connectivity index (χ4n) is 4.78. The molecule has 2 aromatic heterocycles. The average molecular weight is 437 g/mol. The first kappa shape index (κ1) is 21.5. The molecule has 0 aliphatic rings. The van der Waals surface area contributed by atoms with Gasteiger partial charge in [0.1, 0.15) is 17.7 Å². The van der Waals surface area contributed by atoms with Crippen molar-refractivity contribution < 1.29 is 4.42 Å². The van der Waals surface area contributed by atoms with Crippen molar-refractivity contribution in [2.45, 2.75) is 59.3 Å². The van der Waals surface area contributed by atoms with E-state index in [2.05, 4.69) is 107 Å². The molecule has 3 nitrogen and oxygen atoms in total. The summed E-state index contributed by atoms with van der Waals surface area (Å²) in [7, 11) is 0. The second kappa shape index (κ2) is 8.22. The zero-order valence-electron chi connectivity index (χ0n) is 20.4. The molecule has 168 valence electrons. The van der Waals surface area contributed by atoms with Crippen LogP contribution in [0, 0.1) is 0 Å². The van der Waals surface area contributed by atoms with Crippen molar-refractivity contribution in [1.82, 2.24) is 9.55 Å². The van der Waals surface area contributed by atoms with Crippen molar-refractivity contribution in [3.05, 3.63) is 83.6 Å². The molecule has 33 heavy (non-hydrogen) atoms. The Morgan fingerprint density at radius 1 is 0.758 bits per heavy atom. The van der Waals surface area contributed by atoms with Crippen LogP contribution in [-0.4, -0.2) is 9.55 Å². The summed E-state index contributed by atoms with van der Waals surface area (Å²) in [4.78, 5) is 5.16. The number of hydrogen-bond acceptors (Lipinski definition) is 2. The molecule has 0 spiro atoms. The molecule has 0 N–H and O–H groups in total. The SMILES string of the molecule is CC(C)c1ccc2occ(-c3nc4ccccc4n3-c3c(C(C)C)cccc3C(C)C)c2c1. The number of hydrogen-bond donors (Lipinski definition) is 0. The van der Waals surface area contributed by atoms with Crippen LogP contribution in [0.2, 0.25) is 0 Å². The standard InChI is InChI=1S/C30H32N2O/c1-18(2)21-14-15-28-24(16-21)25(17-33-28)30-31-26-12-7-8-13-27(26)32(30)29-22(19(3)4)10-9-11-23(29)20(5)6/h7-20H,1-6H3. The van der Waals surface area contributed by atoms with Crippen LogP contribution in [-0.2, 0) is 0 Å². The summed E-state index contributed by atoms with van der Waals surface area (Å²) in [6.07, 6.45) is 1.87. The third kappa shape index (κ3) is 3.56. The van der Waals surface area contributed by atoms with Crippen molar-refractivity contribution in [2.24, 2.45) is 0 Å². The van der Waals surface area contributed by atoms with Crippen molar-refractivity contribution in [2.75, 3.05) is 0 Å². The van der Waals surface area contributed by atoms with Crippen LogP contribution in [0.4, 0.5) is 0 Å². The summed E-state index contributed by atoms with van der Waals surface area (Å²) in [6, 6.07) is 21.7. The summed E-state index contributed by atoms with van der Waals surface area (Å²) in [5.41, 5.74) is 9.28. The van der Waals surface area contributed by atoms with Crippen molar-refractivity contribution in [1.29, 1.82) is 0 Å². The fraction of sp³-hybridized carbons (Fsp3) is 0.300. The van der Waals surface area contributed by atoms with Crippen LogP contribution in [0.25, 0.3) is 39.1 Å². The predicted molar refractivity (Wildman–Crippen MR) is 139 cm³/mol. The van der Waals surface area contributed by atoms with Gasteiger partial charge in [0.25, 0.3) is 0 Å². The van der Waals surface area contributed by atoms with E-state index in [9.17, 15) is 0 Å². The zero-order chi connectivity index (χ0) is 23.3. The van der Waals surface area contributed by atoms with Crippen molar-refractivity contribution in [3.63, 3.8) is 0 Å². The summed E-state index contributed by atoms with van der Waals surface area (Å²) in [6.45, 7) is 13.5. The van der Waals surface area contributed by atoms with Gasteiger partial charge in [-0.15, -0.1) is 0 Å². The molecular weight excluding hydrogens is 404 g/mol. The number of aromatic nitrogens is 2. The second-order valence-electron chi connectivity index (χ2n) is 9.91. The average Bonchev–Trinajstić information content (AvgIpc) is 3.38. The van der Waals surface area contributed by atoms with E-state index in [-0.39, 0.29) is 0 Å². The number of para-hydroxylation sites is 3. The first-order valence-electron chi connectivity index (χ1n) is 12.0. The minimum Gasteiger partial charge on any atom is -0.464 e. The molecule has 0 unspecified atom stereocenters. The number of fused-ring (bicyclic) bond motifs is 2. The van der Waals surface area contributed by atoms with E-state index in [0.29, 0.717) is 17.8 Å². The zero-order valence-corrected chi connectivity index (χ0v) is 20.4. The highest BCUT2D eigenvalue weighted by Crippen LogP contribution is 2.39. The Kier molecular flexibility index (Phi) is 5.36. The van der Waals surface area contributed by atoms with Crippen LogP contribution < -0.4 is 0 Å². The van der Waals surface area contributed by atoms with E-state index in [4.69, 9.17) is 9.40 Å². The third-order valence-electron chi connectivity index (χ3n) is 6.63. The lowest BCUT2D eigenvalue weighted by Crippen LogP contribution is -2.08. The quantitative estimate of drug-likeness (QED) is 0.275. The number of rotatable bonds is 5. The number of furan rings is 1. The van der Waals surface area contributed by atoms with Crippen LogP contribution in [0.15, 0.2) is 71.3 Å². The highest BCUT2D eigenvalue weighted by molar-refractivity contribution is 5.96. The molecule has 0 amide bonds. The number of benzene rings is 3. The van der Waals surface area contributed by atoms with Crippen LogP contribution in [0.5, 0.6) is 0 Å². The molecule has 0 atom stereocenters. The van der Waals surface area contributed by atoms with E-state index >= 15 is 0 Å². The molecule has 0 fully saturated rings. The van der Waals surface area contributed by atoms with E-state index in [1.54, 1.807) is 0 Å². The minimum absolute atomic E-state index is 0.390. The van der Waals surface area contributed by atoms with Gasteiger partial charge in [0.05, 0.1) is 22.3 Å². The van der Waals surface area contributed by atoms with Gasteiger partial charge in [0, 0.05) is 5.39 Å². The maximum absolute atomic E-state index is 6.03. The van der Waals surface area contributed by atoms with Gasteiger partial charge in [-0.2, -0.15) is 0 Å². The molecule has 5 aromatic rings. The maximum Gasteiger partial charge on any atom is 0.149 e. The van der Waals surface area contributed by atoms with Gasteiger partial charge in [-0.25, -0.2) is 4.98 Å². The third-order valence-corrected chi connectivity index (χ3v) is 6.63. The highest BCUT2D eigenvalue weighted by atomic mass is 16.3. The van der Waals surface area contributed by atoms with Gasteiger partial charge < -0.3 is 4.42 Å². The summed E-state index contributed by atoms with van der Waals surface area (Å²) in [5, 5.41) is 1.12. The monoisotopic (exact) mass is 436 g/mol. The van der Waals surface area contributed by atoms with Gasteiger partial charge in [-0.3, -0.25) is 4.57 Å². The topological polar surface area (TPSA) is 31.0 Å². The van der Waals surface area contributed by atoms with E-state index in [1.807, 2.05) is 6.26 Å². The van der Waals surface area contributed by atoms with Gasteiger partial charge >= 0.3 is 0 Å².